The van der Waals surface area contributed by atoms with Crippen molar-refractivity contribution >= 4 is 39.8 Å². The van der Waals surface area contributed by atoms with Crippen molar-refractivity contribution < 1.29 is 0 Å². The molecule has 2 heterocycles. The third kappa shape index (κ3) is 2.57. The summed E-state index contributed by atoms with van der Waals surface area (Å²) in [4.78, 5) is 4.59. The third-order valence-corrected chi connectivity index (χ3v) is 3.98. The number of rotatable bonds is 3. The van der Waals surface area contributed by atoms with Crippen molar-refractivity contribution in [2.45, 2.75) is 6.92 Å². The fraction of sp³-hybridized carbons (Fsp3) is 0.0588. The quantitative estimate of drug-likeness (QED) is 0.457. The first kappa shape index (κ1) is 14.6. The van der Waals surface area contributed by atoms with Gasteiger partial charge in [0, 0.05) is 5.02 Å². The summed E-state index contributed by atoms with van der Waals surface area (Å²) in [6.07, 6.45) is 1.67. The van der Waals surface area contributed by atoms with Gasteiger partial charge in [-0.05, 0) is 36.8 Å². The van der Waals surface area contributed by atoms with E-state index in [9.17, 15) is 0 Å². The van der Waals surface area contributed by atoms with Crippen molar-refractivity contribution in [3.05, 3.63) is 65.4 Å². The van der Waals surface area contributed by atoms with E-state index in [1.54, 1.807) is 6.33 Å². The number of hydrogen-bond acceptors (Lipinski definition) is 5. The maximum Gasteiger partial charge on any atom is 0.205 e. The summed E-state index contributed by atoms with van der Waals surface area (Å²) in [6.45, 7) is 1.91. The zero-order chi connectivity index (χ0) is 16.5. The number of nitrogens with one attached hydrogen (secondary N) is 1. The molecule has 0 fully saturated rings. The molecule has 0 bridgehead atoms. The van der Waals surface area contributed by atoms with Gasteiger partial charge in [0.15, 0.2) is 5.82 Å². The number of nitrogens with zero attached hydrogens (tertiary/aromatic N) is 5. The molecule has 2 aromatic carbocycles. The second kappa shape index (κ2) is 5.90. The third-order valence-electron chi connectivity index (χ3n) is 3.72. The van der Waals surface area contributed by atoms with Gasteiger partial charge in [0.25, 0.3) is 0 Å². The smallest absolute Gasteiger partial charge is 0.205 e. The van der Waals surface area contributed by atoms with Crippen LogP contribution in [0.25, 0.3) is 16.7 Å². The molecule has 0 aliphatic rings. The van der Waals surface area contributed by atoms with Crippen molar-refractivity contribution in [1.29, 1.82) is 0 Å². The molecule has 6 nitrogen and oxygen atoms in total. The lowest BCUT2D eigenvalue weighted by Crippen LogP contribution is -2.03. The Kier molecular flexibility index (Phi) is 3.59. The van der Waals surface area contributed by atoms with Gasteiger partial charge in [-0.3, -0.25) is 9.83 Å². The SMILES string of the molecule is C/C(=N\Nc1nc2ccccc2n2cnnc12)c1ccc(Cl)cc1. The van der Waals surface area contributed by atoms with E-state index in [1.807, 2.05) is 59.9 Å². The molecule has 0 aliphatic heterocycles. The number of anilines is 1. The van der Waals surface area contributed by atoms with Crippen LogP contribution in [0, 0.1) is 0 Å². The van der Waals surface area contributed by atoms with Crippen LogP contribution in [0.15, 0.2) is 60.0 Å². The maximum atomic E-state index is 5.91. The fourth-order valence-electron chi connectivity index (χ4n) is 2.47. The topological polar surface area (TPSA) is 67.5 Å². The highest BCUT2D eigenvalue weighted by atomic mass is 35.5. The molecular weight excluding hydrogens is 324 g/mol. The van der Waals surface area contributed by atoms with Crippen molar-refractivity contribution in [1.82, 2.24) is 19.6 Å². The molecule has 0 saturated heterocycles. The molecule has 4 rings (SSSR count). The zero-order valence-electron chi connectivity index (χ0n) is 12.8. The van der Waals surface area contributed by atoms with Gasteiger partial charge in [-0.2, -0.15) is 5.10 Å². The van der Waals surface area contributed by atoms with Crippen LogP contribution in [0.4, 0.5) is 5.82 Å². The predicted molar refractivity (Wildman–Crippen MR) is 95.6 cm³/mol. The molecule has 0 radical (unpaired) electrons. The summed E-state index contributed by atoms with van der Waals surface area (Å²) >= 11 is 5.91. The van der Waals surface area contributed by atoms with Crippen LogP contribution >= 0.6 is 11.6 Å². The summed E-state index contributed by atoms with van der Waals surface area (Å²) in [5, 5.41) is 13.2. The largest absolute Gasteiger partial charge is 0.277 e. The van der Waals surface area contributed by atoms with Gasteiger partial charge in [-0.15, -0.1) is 10.2 Å². The summed E-state index contributed by atoms with van der Waals surface area (Å²) in [7, 11) is 0. The van der Waals surface area contributed by atoms with Gasteiger partial charge < -0.3 is 0 Å². The Bertz CT molecular complexity index is 1050. The minimum absolute atomic E-state index is 0.555. The van der Waals surface area contributed by atoms with Gasteiger partial charge in [-0.1, -0.05) is 35.9 Å². The molecule has 2 aromatic heterocycles. The molecule has 4 aromatic rings. The second-order valence-electron chi connectivity index (χ2n) is 5.29. The van der Waals surface area contributed by atoms with Gasteiger partial charge in [-0.25, -0.2) is 4.98 Å². The lowest BCUT2D eigenvalue weighted by Gasteiger charge is -2.07. The fourth-order valence-corrected chi connectivity index (χ4v) is 2.60. The van der Waals surface area contributed by atoms with Gasteiger partial charge >= 0.3 is 0 Å². The Labute approximate surface area is 142 Å². The Morgan fingerprint density at radius 1 is 1.12 bits per heavy atom. The Morgan fingerprint density at radius 3 is 2.75 bits per heavy atom. The Balaban J connectivity index is 1.74. The predicted octanol–water partition coefficient (Wildman–Crippen LogP) is 3.77. The van der Waals surface area contributed by atoms with Crippen LogP contribution in [-0.4, -0.2) is 25.3 Å². The standard InChI is InChI=1S/C17H13ClN6/c1-11(12-6-8-13(18)9-7-12)21-22-16-17-23-19-10-24(17)15-5-3-2-4-14(15)20-16/h2-10H,1H3,(H,20,22)/b21-11+. The number of hydrogen-bond donors (Lipinski definition) is 1. The Hall–Kier alpha value is -2.99. The van der Waals surface area contributed by atoms with Crippen LogP contribution < -0.4 is 5.43 Å². The number of hydrazone groups is 1. The van der Waals surface area contributed by atoms with E-state index in [-0.39, 0.29) is 0 Å². The van der Waals surface area contributed by atoms with E-state index in [0.29, 0.717) is 16.5 Å². The Morgan fingerprint density at radius 2 is 1.92 bits per heavy atom. The van der Waals surface area contributed by atoms with Gasteiger partial charge in [0.1, 0.15) is 6.33 Å². The minimum atomic E-state index is 0.555. The molecule has 0 unspecified atom stereocenters. The lowest BCUT2D eigenvalue weighted by atomic mass is 10.1. The highest BCUT2D eigenvalue weighted by Crippen LogP contribution is 2.20. The first-order chi connectivity index (χ1) is 11.7. The molecule has 24 heavy (non-hydrogen) atoms. The van der Waals surface area contributed by atoms with Crippen molar-refractivity contribution in [2.24, 2.45) is 5.10 Å². The summed E-state index contributed by atoms with van der Waals surface area (Å²) < 4.78 is 1.89. The molecule has 7 heteroatoms. The van der Waals surface area contributed by atoms with Crippen LogP contribution in [0.2, 0.25) is 5.02 Å². The summed E-state index contributed by atoms with van der Waals surface area (Å²) in [5.74, 6) is 0.555. The van der Waals surface area contributed by atoms with Gasteiger partial charge in [0.05, 0.1) is 16.7 Å². The summed E-state index contributed by atoms with van der Waals surface area (Å²) in [5.41, 5.74) is 7.21. The van der Waals surface area contributed by atoms with Gasteiger partial charge in [0.2, 0.25) is 5.65 Å². The molecule has 118 valence electrons. The lowest BCUT2D eigenvalue weighted by molar-refractivity contribution is 1.11. The van der Waals surface area contributed by atoms with Crippen LogP contribution in [-0.2, 0) is 0 Å². The number of benzene rings is 2. The normalized spacial score (nSPS) is 12.0. The van der Waals surface area contributed by atoms with E-state index in [4.69, 9.17) is 11.6 Å². The van der Waals surface area contributed by atoms with Crippen LogP contribution in [0.3, 0.4) is 0 Å². The zero-order valence-corrected chi connectivity index (χ0v) is 13.6. The van der Waals surface area contributed by atoms with E-state index in [0.717, 1.165) is 22.3 Å². The van der Waals surface area contributed by atoms with E-state index in [1.165, 1.54) is 0 Å². The van der Waals surface area contributed by atoms with E-state index < -0.39 is 0 Å². The van der Waals surface area contributed by atoms with Crippen molar-refractivity contribution in [2.75, 3.05) is 5.43 Å². The van der Waals surface area contributed by atoms with Crippen LogP contribution in [0.1, 0.15) is 12.5 Å². The average molecular weight is 337 g/mol. The molecule has 0 saturated carbocycles. The number of fused-ring (bicyclic) bond motifs is 3. The molecule has 0 atom stereocenters. The highest BCUT2D eigenvalue weighted by molar-refractivity contribution is 6.30. The molecule has 1 N–H and O–H groups in total. The maximum absolute atomic E-state index is 5.91. The second-order valence-corrected chi connectivity index (χ2v) is 5.73. The van der Waals surface area contributed by atoms with Crippen LogP contribution in [0.5, 0.6) is 0 Å². The molecule has 0 aliphatic carbocycles. The number of aromatic nitrogens is 4. The van der Waals surface area contributed by atoms with Crippen molar-refractivity contribution in [3.8, 4) is 0 Å². The van der Waals surface area contributed by atoms with Crippen molar-refractivity contribution in [3.63, 3.8) is 0 Å². The minimum Gasteiger partial charge on any atom is -0.277 e. The van der Waals surface area contributed by atoms with E-state index >= 15 is 0 Å². The molecule has 0 spiro atoms. The summed E-state index contributed by atoms with van der Waals surface area (Å²) in [6, 6.07) is 15.3. The molecule has 0 amide bonds. The number of halogens is 1. The first-order valence-electron chi connectivity index (χ1n) is 7.37. The molecular formula is C17H13ClN6. The average Bonchev–Trinajstić information content (AvgIpc) is 3.10. The van der Waals surface area contributed by atoms with E-state index in [2.05, 4.69) is 25.7 Å². The first-order valence-corrected chi connectivity index (χ1v) is 7.75. The monoisotopic (exact) mass is 336 g/mol. The number of para-hydroxylation sites is 2. The highest BCUT2D eigenvalue weighted by Gasteiger charge is 2.09.